The molecular weight excluding hydrogens is 359 g/mol. The summed E-state index contributed by atoms with van der Waals surface area (Å²) >= 11 is 0. The Labute approximate surface area is 143 Å². The SMILES string of the molecule is COc1ccc(OC)c([C@@H](C)NS(=O)(=O)c2ccc(F)c(F)c2F)c1. The summed E-state index contributed by atoms with van der Waals surface area (Å²) in [5, 5.41) is 0. The Morgan fingerprint density at radius 1 is 1.00 bits per heavy atom. The smallest absolute Gasteiger partial charge is 0.244 e. The quantitative estimate of drug-likeness (QED) is 0.788. The Bertz CT molecular complexity index is 887. The minimum atomic E-state index is -4.45. The molecular formula is C16H16F3NO4S. The molecule has 1 N–H and O–H groups in total. The van der Waals surface area contributed by atoms with Crippen LogP contribution in [-0.4, -0.2) is 22.6 Å². The number of methoxy groups -OCH3 is 2. The fraction of sp³-hybridized carbons (Fsp3) is 0.250. The van der Waals surface area contributed by atoms with E-state index in [1.807, 2.05) is 0 Å². The summed E-state index contributed by atoms with van der Waals surface area (Å²) in [6, 6.07) is 5.10. The molecule has 0 heterocycles. The molecule has 0 aliphatic rings. The van der Waals surface area contributed by atoms with Crippen molar-refractivity contribution in [3.05, 3.63) is 53.3 Å². The highest BCUT2D eigenvalue weighted by Gasteiger charge is 2.27. The molecule has 0 saturated carbocycles. The molecule has 1 atom stereocenters. The van der Waals surface area contributed by atoms with E-state index in [0.29, 0.717) is 29.2 Å². The fourth-order valence-electron chi connectivity index (χ4n) is 2.25. The second-order valence-corrected chi connectivity index (χ2v) is 6.81. The largest absolute Gasteiger partial charge is 0.497 e. The zero-order valence-electron chi connectivity index (χ0n) is 13.6. The minimum absolute atomic E-state index is 0.377. The number of hydrogen-bond acceptors (Lipinski definition) is 4. The molecule has 9 heteroatoms. The lowest BCUT2D eigenvalue weighted by Crippen LogP contribution is -2.28. The number of rotatable bonds is 6. The molecule has 0 unspecified atom stereocenters. The van der Waals surface area contributed by atoms with Crippen LogP contribution in [0.2, 0.25) is 0 Å². The number of nitrogens with one attached hydrogen (secondary N) is 1. The van der Waals surface area contributed by atoms with Crippen molar-refractivity contribution in [3.63, 3.8) is 0 Å². The highest BCUT2D eigenvalue weighted by molar-refractivity contribution is 7.89. The lowest BCUT2D eigenvalue weighted by Gasteiger charge is -2.18. The Morgan fingerprint density at radius 2 is 1.68 bits per heavy atom. The Kier molecular flexibility index (Phi) is 5.58. The summed E-state index contributed by atoms with van der Waals surface area (Å²) in [5.41, 5.74) is 0.424. The van der Waals surface area contributed by atoms with E-state index in [1.54, 1.807) is 18.2 Å². The second-order valence-electron chi connectivity index (χ2n) is 5.12. The first kappa shape index (κ1) is 19.1. The van der Waals surface area contributed by atoms with Crippen LogP contribution in [0.3, 0.4) is 0 Å². The van der Waals surface area contributed by atoms with Crippen LogP contribution in [0.5, 0.6) is 11.5 Å². The van der Waals surface area contributed by atoms with Crippen molar-refractivity contribution in [3.8, 4) is 11.5 Å². The van der Waals surface area contributed by atoms with Crippen molar-refractivity contribution in [2.45, 2.75) is 17.9 Å². The van der Waals surface area contributed by atoms with Gasteiger partial charge < -0.3 is 9.47 Å². The van der Waals surface area contributed by atoms with E-state index in [-0.39, 0.29) is 0 Å². The molecule has 5 nitrogen and oxygen atoms in total. The standard InChI is InChI=1S/C16H16F3NO4S/c1-9(11-8-10(23-2)4-6-13(11)24-3)20-25(21,22)14-7-5-12(17)15(18)16(14)19/h4-9,20H,1-3H3/t9-/m1/s1. The third-order valence-corrected chi connectivity index (χ3v) is 5.08. The molecule has 0 bridgehead atoms. The molecule has 0 saturated heterocycles. The predicted octanol–water partition coefficient (Wildman–Crippen LogP) is 3.16. The lowest BCUT2D eigenvalue weighted by molar-refractivity contribution is 0.394. The molecule has 136 valence electrons. The zero-order valence-corrected chi connectivity index (χ0v) is 14.5. The molecule has 0 aromatic heterocycles. The van der Waals surface area contributed by atoms with E-state index in [9.17, 15) is 21.6 Å². The van der Waals surface area contributed by atoms with Crippen LogP contribution in [0.25, 0.3) is 0 Å². The van der Waals surface area contributed by atoms with Crippen molar-refractivity contribution in [2.75, 3.05) is 14.2 Å². The minimum Gasteiger partial charge on any atom is -0.497 e. The van der Waals surface area contributed by atoms with E-state index in [1.165, 1.54) is 21.1 Å². The summed E-state index contributed by atoms with van der Waals surface area (Å²) in [7, 11) is -1.60. The van der Waals surface area contributed by atoms with Gasteiger partial charge in [0.05, 0.1) is 14.2 Å². The second kappa shape index (κ2) is 7.32. The first-order chi connectivity index (χ1) is 11.7. The van der Waals surface area contributed by atoms with Gasteiger partial charge in [-0.05, 0) is 37.3 Å². The molecule has 2 aromatic rings. The number of benzene rings is 2. The van der Waals surface area contributed by atoms with Crippen molar-refractivity contribution in [2.24, 2.45) is 0 Å². The van der Waals surface area contributed by atoms with Crippen LogP contribution in [0.4, 0.5) is 13.2 Å². The predicted molar refractivity (Wildman–Crippen MR) is 84.6 cm³/mol. The first-order valence-corrected chi connectivity index (χ1v) is 8.57. The molecule has 0 radical (unpaired) electrons. The molecule has 2 rings (SSSR count). The number of hydrogen-bond donors (Lipinski definition) is 1. The fourth-order valence-corrected chi connectivity index (χ4v) is 3.55. The van der Waals surface area contributed by atoms with Crippen LogP contribution >= 0.6 is 0 Å². The molecule has 0 amide bonds. The average molecular weight is 375 g/mol. The van der Waals surface area contributed by atoms with Crippen molar-refractivity contribution in [1.29, 1.82) is 0 Å². The molecule has 2 aromatic carbocycles. The first-order valence-electron chi connectivity index (χ1n) is 7.09. The monoisotopic (exact) mass is 375 g/mol. The molecule has 25 heavy (non-hydrogen) atoms. The Balaban J connectivity index is 2.40. The third kappa shape index (κ3) is 3.88. The number of halogens is 3. The maximum absolute atomic E-state index is 13.8. The van der Waals surface area contributed by atoms with Gasteiger partial charge in [-0.3, -0.25) is 0 Å². The third-order valence-electron chi connectivity index (χ3n) is 3.52. The average Bonchev–Trinajstić information content (AvgIpc) is 2.58. The van der Waals surface area contributed by atoms with Crippen LogP contribution < -0.4 is 14.2 Å². The van der Waals surface area contributed by atoms with Crippen LogP contribution in [0.1, 0.15) is 18.5 Å². The maximum Gasteiger partial charge on any atom is 0.244 e. The molecule has 0 fully saturated rings. The van der Waals surface area contributed by atoms with Gasteiger partial charge in [0.2, 0.25) is 10.0 Å². The van der Waals surface area contributed by atoms with Crippen LogP contribution in [-0.2, 0) is 10.0 Å². The van der Waals surface area contributed by atoms with Crippen LogP contribution in [0.15, 0.2) is 35.2 Å². The van der Waals surface area contributed by atoms with E-state index >= 15 is 0 Å². The van der Waals surface area contributed by atoms with Gasteiger partial charge in [-0.2, -0.15) is 0 Å². The zero-order chi connectivity index (χ0) is 18.8. The van der Waals surface area contributed by atoms with E-state index < -0.39 is 38.4 Å². The van der Waals surface area contributed by atoms with Gasteiger partial charge >= 0.3 is 0 Å². The normalized spacial score (nSPS) is 12.7. The van der Waals surface area contributed by atoms with Gasteiger partial charge in [-0.15, -0.1) is 0 Å². The van der Waals surface area contributed by atoms with Crippen molar-refractivity contribution >= 4 is 10.0 Å². The Hall–Kier alpha value is -2.26. The van der Waals surface area contributed by atoms with Gasteiger partial charge in [0.25, 0.3) is 0 Å². The topological polar surface area (TPSA) is 64.6 Å². The number of sulfonamides is 1. The lowest BCUT2D eigenvalue weighted by atomic mass is 10.1. The maximum atomic E-state index is 13.8. The van der Waals surface area contributed by atoms with Crippen molar-refractivity contribution in [1.82, 2.24) is 4.72 Å². The van der Waals surface area contributed by atoms with Gasteiger partial charge in [-0.25, -0.2) is 26.3 Å². The summed E-state index contributed by atoms with van der Waals surface area (Å²) in [4.78, 5) is -0.986. The Morgan fingerprint density at radius 3 is 2.28 bits per heavy atom. The van der Waals surface area contributed by atoms with E-state index in [2.05, 4.69) is 4.72 Å². The van der Waals surface area contributed by atoms with Gasteiger partial charge in [0, 0.05) is 11.6 Å². The summed E-state index contributed by atoms with van der Waals surface area (Å²) in [5.74, 6) is -4.27. The highest BCUT2D eigenvalue weighted by atomic mass is 32.2. The van der Waals surface area contributed by atoms with Crippen LogP contribution in [0, 0.1) is 17.5 Å². The van der Waals surface area contributed by atoms with E-state index in [0.717, 1.165) is 0 Å². The highest BCUT2D eigenvalue weighted by Crippen LogP contribution is 2.30. The summed E-state index contributed by atoms with van der Waals surface area (Å²) in [6.07, 6.45) is 0. The number of ether oxygens (including phenoxy) is 2. The molecule has 0 aliphatic heterocycles. The van der Waals surface area contributed by atoms with Gasteiger partial charge in [0.15, 0.2) is 17.5 Å². The summed E-state index contributed by atoms with van der Waals surface area (Å²) < 4.78 is 77.3. The summed E-state index contributed by atoms with van der Waals surface area (Å²) in [6.45, 7) is 1.49. The molecule has 0 aliphatic carbocycles. The van der Waals surface area contributed by atoms with Gasteiger partial charge in [-0.1, -0.05) is 0 Å². The van der Waals surface area contributed by atoms with Crippen molar-refractivity contribution < 1.29 is 31.1 Å². The van der Waals surface area contributed by atoms with E-state index in [4.69, 9.17) is 9.47 Å². The molecule has 0 spiro atoms. The van der Waals surface area contributed by atoms with Gasteiger partial charge in [0.1, 0.15) is 16.4 Å².